The van der Waals surface area contributed by atoms with Crippen LogP contribution in [0, 0.1) is 6.92 Å². The van der Waals surface area contributed by atoms with Crippen LogP contribution < -0.4 is 10.3 Å². The monoisotopic (exact) mass is 263 g/mol. The summed E-state index contributed by atoms with van der Waals surface area (Å²) in [4.78, 5) is 25.4. The molecule has 0 aliphatic heterocycles. The van der Waals surface area contributed by atoms with Crippen molar-refractivity contribution in [1.29, 1.82) is 0 Å². The van der Waals surface area contributed by atoms with Crippen LogP contribution >= 0.6 is 11.6 Å². The van der Waals surface area contributed by atoms with Gasteiger partial charge in [-0.25, -0.2) is 4.79 Å². The van der Waals surface area contributed by atoms with Crippen molar-refractivity contribution in [2.24, 2.45) is 0 Å². The quantitative estimate of drug-likeness (QED) is 0.847. The van der Waals surface area contributed by atoms with Crippen molar-refractivity contribution in [3.05, 3.63) is 63.0 Å². The van der Waals surface area contributed by atoms with Gasteiger partial charge < -0.3 is 9.72 Å². The smallest absolute Gasteiger partial charge is 0.343 e. The maximum absolute atomic E-state index is 11.9. The third-order valence-corrected chi connectivity index (χ3v) is 2.70. The summed E-state index contributed by atoms with van der Waals surface area (Å²) in [5, 5.41) is 0.177. The average molecular weight is 264 g/mol. The normalized spacial score (nSPS) is 10.1. The second-order valence-electron chi connectivity index (χ2n) is 3.71. The van der Waals surface area contributed by atoms with Crippen LogP contribution in [0.3, 0.4) is 0 Å². The number of aromatic amines is 1. The number of carbonyl (C=O) groups excluding carboxylic acids is 1. The number of H-pyrrole nitrogens is 1. The molecule has 5 heteroatoms. The zero-order valence-corrected chi connectivity index (χ0v) is 10.3. The lowest BCUT2D eigenvalue weighted by Gasteiger charge is -2.07. The molecule has 0 amide bonds. The standard InChI is InChI=1S/C13H10ClNO3/c1-8-4-2-3-5-9(8)13(17)18-11-6-12(16)15-7-10(11)14/h2-7H,1H3,(H,15,16). The minimum Gasteiger partial charge on any atom is -0.421 e. The molecule has 0 saturated carbocycles. The highest BCUT2D eigenvalue weighted by Crippen LogP contribution is 2.22. The lowest BCUT2D eigenvalue weighted by atomic mass is 10.1. The summed E-state index contributed by atoms with van der Waals surface area (Å²) in [6, 6.07) is 8.16. The van der Waals surface area contributed by atoms with E-state index in [1.165, 1.54) is 6.20 Å². The number of aromatic nitrogens is 1. The fourth-order valence-corrected chi connectivity index (χ4v) is 1.62. The molecule has 2 rings (SSSR count). The largest absolute Gasteiger partial charge is 0.421 e. The fraction of sp³-hybridized carbons (Fsp3) is 0.0769. The minimum atomic E-state index is -0.541. The molecule has 92 valence electrons. The number of halogens is 1. The van der Waals surface area contributed by atoms with Crippen molar-refractivity contribution in [3.63, 3.8) is 0 Å². The van der Waals surface area contributed by atoms with E-state index in [-0.39, 0.29) is 16.3 Å². The van der Waals surface area contributed by atoms with Crippen molar-refractivity contribution < 1.29 is 9.53 Å². The van der Waals surface area contributed by atoms with Crippen molar-refractivity contribution in [3.8, 4) is 5.75 Å². The van der Waals surface area contributed by atoms with Crippen molar-refractivity contribution in [1.82, 2.24) is 4.98 Å². The molecule has 1 N–H and O–H groups in total. The molecule has 1 aromatic carbocycles. The number of hydrogen-bond donors (Lipinski definition) is 1. The van der Waals surface area contributed by atoms with E-state index in [1.807, 2.05) is 6.07 Å². The molecular formula is C13H10ClNO3. The van der Waals surface area contributed by atoms with Crippen molar-refractivity contribution >= 4 is 17.6 Å². The number of carbonyl (C=O) groups is 1. The molecule has 18 heavy (non-hydrogen) atoms. The minimum absolute atomic E-state index is 0.0497. The van der Waals surface area contributed by atoms with Crippen LogP contribution in [-0.4, -0.2) is 11.0 Å². The van der Waals surface area contributed by atoms with Gasteiger partial charge in [-0.2, -0.15) is 0 Å². The average Bonchev–Trinajstić information content (AvgIpc) is 2.34. The van der Waals surface area contributed by atoms with Crippen LogP contribution in [-0.2, 0) is 0 Å². The Kier molecular flexibility index (Phi) is 3.48. The summed E-state index contributed by atoms with van der Waals surface area (Å²) in [7, 11) is 0. The zero-order valence-electron chi connectivity index (χ0n) is 9.57. The first-order valence-corrected chi connectivity index (χ1v) is 5.62. The van der Waals surface area contributed by atoms with Gasteiger partial charge in [0.25, 0.3) is 5.56 Å². The second kappa shape index (κ2) is 5.06. The number of aryl methyl sites for hydroxylation is 1. The number of pyridine rings is 1. The summed E-state index contributed by atoms with van der Waals surface area (Å²) < 4.78 is 5.10. The predicted molar refractivity (Wildman–Crippen MR) is 68.2 cm³/mol. The predicted octanol–water partition coefficient (Wildman–Crippen LogP) is 2.56. The van der Waals surface area contributed by atoms with Gasteiger partial charge in [0.2, 0.25) is 0 Å². The van der Waals surface area contributed by atoms with Crippen molar-refractivity contribution in [2.75, 3.05) is 0 Å². The van der Waals surface area contributed by atoms with E-state index in [0.29, 0.717) is 5.56 Å². The number of nitrogens with one attached hydrogen (secondary N) is 1. The Bertz CT molecular complexity index is 649. The Morgan fingerprint density at radius 3 is 2.78 bits per heavy atom. The molecule has 1 heterocycles. The van der Waals surface area contributed by atoms with Gasteiger partial charge in [-0.15, -0.1) is 0 Å². The molecule has 0 aliphatic carbocycles. The molecule has 4 nitrogen and oxygen atoms in total. The lowest BCUT2D eigenvalue weighted by molar-refractivity contribution is 0.0734. The zero-order chi connectivity index (χ0) is 13.1. The summed E-state index contributed by atoms with van der Waals surface area (Å²) in [6.07, 6.45) is 1.28. The van der Waals surface area contributed by atoms with Gasteiger partial charge in [0.1, 0.15) is 0 Å². The van der Waals surface area contributed by atoms with Gasteiger partial charge in [0, 0.05) is 12.3 Å². The third kappa shape index (κ3) is 2.60. The van der Waals surface area contributed by atoms with Crippen molar-refractivity contribution in [2.45, 2.75) is 6.92 Å². The summed E-state index contributed by atoms with van der Waals surface area (Å²) in [5.41, 5.74) is 0.851. The van der Waals surface area contributed by atoms with E-state index >= 15 is 0 Å². The van der Waals surface area contributed by atoms with Gasteiger partial charge in [-0.1, -0.05) is 29.8 Å². The fourth-order valence-electron chi connectivity index (χ4n) is 1.47. The van der Waals surface area contributed by atoms with E-state index < -0.39 is 5.97 Å². The highest BCUT2D eigenvalue weighted by atomic mass is 35.5. The molecule has 0 saturated heterocycles. The van der Waals surface area contributed by atoms with Crippen LogP contribution in [0.25, 0.3) is 0 Å². The molecule has 0 radical (unpaired) electrons. The van der Waals surface area contributed by atoms with E-state index in [9.17, 15) is 9.59 Å². The summed E-state index contributed by atoms with van der Waals surface area (Å²) in [5.74, 6) is -0.491. The molecule has 1 aromatic heterocycles. The maximum atomic E-state index is 11.9. The van der Waals surface area contributed by atoms with Gasteiger partial charge in [0.15, 0.2) is 5.75 Å². The van der Waals surface area contributed by atoms with Gasteiger partial charge in [-0.3, -0.25) is 4.79 Å². The Labute approximate surface area is 108 Å². The number of benzene rings is 1. The topological polar surface area (TPSA) is 59.2 Å². The SMILES string of the molecule is Cc1ccccc1C(=O)Oc1cc(=O)[nH]cc1Cl. The Balaban J connectivity index is 2.30. The van der Waals surface area contributed by atoms with Crippen LogP contribution in [0.1, 0.15) is 15.9 Å². The molecule has 0 atom stereocenters. The molecule has 0 aliphatic rings. The summed E-state index contributed by atoms with van der Waals surface area (Å²) >= 11 is 5.82. The number of esters is 1. The molecule has 2 aromatic rings. The molecule has 0 unspecified atom stereocenters. The number of rotatable bonds is 2. The van der Waals surface area contributed by atoms with E-state index in [1.54, 1.807) is 25.1 Å². The number of hydrogen-bond acceptors (Lipinski definition) is 3. The highest BCUT2D eigenvalue weighted by Gasteiger charge is 2.13. The maximum Gasteiger partial charge on any atom is 0.343 e. The van der Waals surface area contributed by atoms with E-state index in [0.717, 1.165) is 11.6 Å². The van der Waals surface area contributed by atoms with Crippen LogP contribution in [0.5, 0.6) is 5.75 Å². The third-order valence-electron chi connectivity index (χ3n) is 2.41. The molecule has 0 bridgehead atoms. The molecule has 0 spiro atoms. The first-order chi connectivity index (χ1) is 8.58. The first kappa shape index (κ1) is 12.4. The van der Waals surface area contributed by atoms with Crippen LogP contribution in [0.2, 0.25) is 5.02 Å². The molecular weight excluding hydrogens is 254 g/mol. The van der Waals surface area contributed by atoms with E-state index in [2.05, 4.69) is 4.98 Å². The van der Waals surface area contributed by atoms with Gasteiger partial charge in [-0.05, 0) is 18.6 Å². The molecule has 0 fully saturated rings. The van der Waals surface area contributed by atoms with Crippen LogP contribution in [0.15, 0.2) is 41.3 Å². The van der Waals surface area contributed by atoms with E-state index in [4.69, 9.17) is 16.3 Å². The Hall–Kier alpha value is -2.07. The Morgan fingerprint density at radius 1 is 1.33 bits per heavy atom. The first-order valence-electron chi connectivity index (χ1n) is 5.24. The number of ether oxygens (including phenoxy) is 1. The second-order valence-corrected chi connectivity index (χ2v) is 4.12. The van der Waals surface area contributed by atoms with Gasteiger partial charge in [0.05, 0.1) is 10.6 Å². The highest BCUT2D eigenvalue weighted by molar-refractivity contribution is 6.32. The Morgan fingerprint density at radius 2 is 2.06 bits per heavy atom. The van der Waals surface area contributed by atoms with Crippen LogP contribution in [0.4, 0.5) is 0 Å². The van der Waals surface area contributed by atoms with Gasteiger partial charge >= 0.3 is 5.97 Å². The lowest BCUT2D eigenvalue weighted by Crippen LogP contribution is -2.13. The summed E-state index contributed by atoms with van der Waals surface area (Å²) in [6.45, 7) is 1.80.